The van der Waals surface area contributed by atoms with Gasteiger partial charge in [-0.3, -0.25) is 0 Å². The molecule has 1 rings (SSSR count). The third kappa shape index (κ3) is 1.58. The maximum Gasteiger partial charge on any atom is 0.215 e. The highest BCUT2D eigenvalue weighted by atomic mass is 16.5. The van der Waals surface area contributed by atoms with Crippen molar-refractivity contribution in [2.75, 3.05) is 31.8 Å². The predicted octanol–water partition coefficient (Wildman–Crippen LogP) is 0.738. The van der Waals surface area contributed by atoms with Crippen LogP contribution in [0, 0.1) is 0 Å². The van der Waals surface area contributed by atoms with Crippen molar-refractivity contribution in [2.45, 2.75) is 0 Å². The van der Waals surface area contributed by atoms with Crippen molar-refractivity contribution in [3.8, 4) is 5.88 Å². The van der Waals surface area contributed by atoms with E-state index in [-0.39, 0.29) is 0 Å². The molecule has 1 aromatic rings. The first-order valence-corrected chi connectivity index (χ1v) is 3.63. The van der Waals surface area contributed by atoms with E-state index in [0.717, 1.165) is 5.82 Å². The number of hydrogen-bond acceptors (Lipinski definition) is 4. The van der Waals surface area contributed by atoms with Crippen LogP contribution in [0.5, 0.6) is 5.88 Å². The van der Waals surface area contributed by atoms with Gasteiger partial charge < -0.3 is 15.4 Å². The molecule has 0 bridgehead atoms. The molecule has 12 heavy (non-hydrogen) atoms. The summed E-state index contributed by atoms with van der Waals surface area (Å²) in [5.74, 6) is 1.31. The van der Waals surface area contributed by atoms with E-state index in [1.165, 1.54) is 0 Å². The maximum absolute atomic E-state index is 5.69. The van der Waals surface area contributed by atoms with Crippen molar-refractivity contribution in [1.82, 2.24) is 4.98 Å². The van der Waals surface area contributed by atoms with Crippen molar-refractivity contribution >= 4 is 11.5 Å². The summed E-state index contributed by atoms with van der Waals surface area (Å²) in [6.45, 7) is 0. The number of hydrogen-bond donors (Lipinski definition) is 1. The monoisotopic (exact) mass is 167 g/mol. The quantitative estimate of drug-likeness (QED) is 0.705. The summed E-state index contributed by atoms with van der Waals surface area (Å²) in [5.41, 5.74) is 6.34. The first-order chi connectivity index (χ1) is 5.65. The Bertz CT molecular complexity index is 273. The summed E-state index contributed by atoms with van der Waals surface area (Å²) in [5, 5.41) is 0. The molecular formula is C8H13N3O. The molecule has 0 aliphatic rings. The van der Waals surface area contributed by atoms with Gasteiger partial charge >= 0.3 is 0 Å². The largest absolute Gasteiger partial charge is 0.481 e. The predicted molar refractivity (Wildman–Crippen MR) is 49.5 cm³/mol. The Kier molecular flexibility index (Phi) is 2.38. The van der Waals surface area contributed by atoms with E-state index in [9.17, 15) is 0 Å². The van der Waals surface area contributed by atoms with Gasteiger partial charge in [0, 0.05) is 20.2 Å². The first-order valence-electron chi connectivity index (χ1n) is 3.63. The summed E-state index contributed by atoms with van der Waals surface area (Å²) in [6.07, 6.45) is 0. The smallest absolute Gasteiger partial charge is 0.215 e. The molecule has 4 heteroatoms. The lowest BCUT2D eigenvalue weighted by Crippen LogP contribution is -2.13. The highest BCUT2D eigenvalue weighted by molar-refractivity contribution is 5.62. The lowest BCUT2D eigenvalue weighted by Gasteiger charge is -2.14. The van der Waals surface area contributed by atoms with Gasteiger partial charge in [0.1, 0.15) is 0 Å². The van der Waals surface area contributed by atoms with E-state index in [0.29, 0.717) is 11.6 Å². The standard InChI is InChI=1S/C8H13N3O/c1-11(2)8-6(9)4-5-7(10-8)12-3/h4-5H,9H2,1-3H3. The fraction of sp³-hybridized carbons (Fsp3) is 0.375. The molecule has 0 spiro atoms. The van der Waals surface area contributed by atoms with E-state index in [1.807, 2.05) is 19.0 Å². The summed E-state index contributed by atoms with van der Waals surface area (Å²) in [7, 11) is 5.36. The molecule has 0 fully saturated rings. The van der Waals surface area contributed by atoms with Crippen LogP contribution < -0.4 is 15.4 Å². The van der Waals surface area contributed by atoms with Gasteiger partial charge in [0.25, 0.3) is 0 Å². The minimum atomic E-state index is 0.577. The molecule has 4 nitrogen and oxygen atoms in total. The SMILES string of the molecule is COc1ccc(N)c(N(C)C)n1. The van der Waals surface area contributed by atoms with Crippen molar-refractivity contribution in [3.05, 3.63) is 12.1 Å². The Labute approximate surface area is 72.0 Å². The van der Waals surface area contributed by atoms with Gasteiger partial charge in [0.2, 0.25) is 5.88 Å². The molecule has 1 heterocycles. The van der Waals surface area contributed by atoms with Crippen molar-refractivity contribution in [3.63, 3.8) is 0 Å². The van der Waals surface area contributed by atoms with Crippen LogP contribution in [-0.2, 0) is 0 Å². The average molecular weight is 167 g/mol. The number of nitrogen functional groups attached to an aromatic ring is 1. The van der Waals surface area contributed by atoms with E-state index in [2.05, 4.69) is 4.98 Å². The normalized spacial score (nSPS) is 9.58. The van der Waals surface area contributed by atoms with E-state index < -0.39 is 0 Å². The summed E-state index contributed by atoms with van der Waals surface area (Å²) in [4.78, 5) is 6.01. The zero-order chi connectivity index (χ0) is 9.14. The molecule has 0 atom stereocenters. The zero-order valence-electron chi connectivity index (χ0n) is 7.53. The molecule has 66 valence electrons. The van der Waals surface area contributed by atoms with Crippen LogP contribution in [-0.4, -0.2) is 26.2 Å². The fourth-order valence-corrected chi connectivity index (χ4v) is 0.914. The summed E-state index contributed by atoms with van der Waals surface area (Å²) < 4.78 is 4.97. The number of nitrogens with zero attached hydrogens (tertiary/aromatic N) is 2. The summed E-state index contributed by atoms with van der Waals surface area (Å²) >= 11 is 0. The second-order valence-electron chi connectivity index (χ2n) is 2.66. The molecule has 0 aliphatic carbocycles. The van der Waals surface area contributed by atoms with Crippen LogP contribution in [0.4, 0.5) is 11.5 Å². The zero-order valence-corrected chi connectivity index (χ0v) is 7.53. The van der Waals surface area contributed by atoms with E-state index in [4.69, 9.17) is 10.5 Å². The fourth-order valence-electron chi connectivity index (χ4n) is 0.914. The average Bonchev–Trinajstić information content (AvgIpc) is 2.05. The van der Waals surface area contributed by atoms with Crippen molar-refractivity contribution in [2.24, 2.45) is 0 Å². The van der Waals surface area contributed by atoms with Crippen molar-refractivity contribution in [1.29, 1.82) is 0 Å². The molecule has 0 saturated carbocycles. The number of rotatable bonds is 2. The Morgan fingerprint density at radius 1 is 1.42 bits per heavy atom. The molecule has 0 aliphatic heterocycles. The van der Waals surface area contributed by atoms with Gasteiger partial charge in [0.05, 0.1) is 12.8 Å². The number of ether oxygens (including phenoxy) is 1. The maximum atomic E-state index is 5.69. The van der Waals surface area contributed by atoms with Gasteiger partial charge in [0.15, 0.2) is 5.82 Å². The molecule has 0 unspecified atom stereocenters. The number of pyridine rings is 1. The third-order valence-electron chi connectivity index (χ3n) is 1.51. The lowest BCUT2D eigenvalue weighted by atomic mass is 10.4. The molecule has 0 radical (unpaired) electrons. The number of aromatic nitrogens is 1. The highest BCUT2D eigenvalue weighted by Crippen LogP contribution is 2.21. The molecule has 1 aromatic heterocycles. The minimum absolute atomic E-state index is 0.577. The van der Waals surface area contributed by atoms with Crippen LogP contribution in [0.3, 0.4) is 0 Å². The van der Waals surface area contributed by atoms with Gasteiger partial charge in [-0.25, -0.2) is 0 Å². The molecule has 0 aromatic carbocycles. The van der Waals surface area contributed by atoms with Crippen LogP contribution in [0.15, 0.2) is 12.1 Å². The van der Waals surface area contributed by atoms with Crippen LogP contribution >= 0.6 is 0 Å². The Morgan fingerprint density at radius 2 is 2.08 bits per heavy atom. The lowest BCUT2D eigenvalue weighted by molar-refractivity contribution is 0.398. The Morgan fingerprint density at radius 3 is 2.58 bits per heavy atom. The molecule has 2 N–H and O–H groups in total. The van der Waals surface area contributed by atoms with Gasteiger partial charge in [-0.2, -0.15) is 4.98 Å². The Hall–Kier alpha value is -1.45. The second-order valence-corrected chi connectivity index (χ2v) is 2.66. The first kappa shape index (κ1) is 8.64. The van der Waals surface area contributed by atoms with Gasteiger partial charge in [-0.15, -0.1) is 0 Å². The highest BCUT2D eigenvalue weighted by Gasteiger charge is 2.03. The van der Waals surface area contributed by atoms with Gasteiger partial charge in [-0.1, -0.05) is 0 Å². The van der Waals surface area contributed by atoms with Crippen molar-refractivity contribution < 1.29 is 4.74 Å². The van der Waals surface area contributed by atoms with Gasteiger partial charge in [-0.05, 0) is 6.07 Å². The summed E-state index contributed by atoms with van der Waals surface area (Å²) in [6, 6.07) is 3.52. The van der Waals surface area contributed by atoms with E-state index in [1.54, 1.807) is 19.2 Å². The molecule has 0 saturated heterocycles. The van der Waals surface area contributed by atoms with Crippen LogP contribution in [0.1, 0.15) is 0 Å². The topological polar surface area (TPSA) is 51.4 Å². The van der Waals surface area contributed by atoms with E-state index >= 15 is 0 Å². The van der Waals surface area contributed by atoms with Crippen LogP contribution in [0.25, 0.3) is 0 Å². The Balaban J connectivity index is 3.08. The second kappa shape index (κ2) is 3.30. The van der Waals surface area contributed by atoms with Crippen LogP contribution in [0.2, 0.25) is 0 Å². The number of anilines is 2. The third-order valence-corrected chi connectivity index (χ3v) is 1.51. The minimum Gasteiger partial charge on any atom is -0.481 e. The molecule has 0 amide bonds. The molecular weight excluding hydrogens is 154 g/mol. The number of nitrogens with two attached hydrogens (primary N) is 1. The number of methoxy groups -OCH3 is 1.